The average molecular weight is 214 g/mol. The Hall–Kier alpha value is -0.800. The molecule has 1 atom stereocenters. The molecule has 1 unspecified atom stereocenters. The average Bonchev–Trinajstić information content (AvgIpc) is 2.08. The predicted molar refractivity (Wildman–Crippen MR) is 57.8 cm³/mol. The van der Waals surface area contributed by atoms with Crippen molar-refractivity contribution >= 4 is 34.5 Å². The van der Waals surface area contributed by atoms with E-state index in [0.29, 0.717) is 10.0 Å². The summed E-state index contributed by atoms with van der Waals surface area (Å²) in [6.45, 7) is 1.91. The summed E-state index contributed by atoms with van der Waals surface area (Å²) < 4.78 is 5.54. The van der Waals surface area contributed by atoms with Gasteiger partial charge in [0.1, 0.15) is 16.8 Å². The third kappa shape index (κ3) is 1.62. The molecule has 0 spiro atoms. The second-order valence-electron chi connectivity index (χ2n) is 2.89. The van der Waals surface area contributed by atoms with Gasteiger partial charge in [0, 0.05) is 5.02 Å². The molecular formula is C9H8ClNOS. The van der Waals surface area contributed by atoms with Crippen molar-refractivity contribution in [3.05, 3.63) is 23.2 Å². The van der Waals surface area contributed by atoms with Crippen LogP contribution in [0.25, 0.3) is 0 Å². The summed E-state index contributed by atoms with van der Waals surface area (Å²) in [4.78, 5) is 0.690. The van der Waals surface area contributed by atoms with Crippen LogP contribution in [0.2, 0.25) is 5.02 Å². The number of hydrogen-bond donors (Lipinski definition) is 1. The summed E-state index contributed by atoms with van der Waals surface area (Å²) in [7, 11) is 0. The third-order valence-corrected chi connectivity index (χ3v) is 2.54. The molecule has 0 saturated heterocycles. The van der Waals surface area contributed by atoms with Crippen LogP contribution in [0.5, 0.6) is 5.75 Å². The quantitative estimate of drug-likeness (QED) is 0.670. The van der Waals surface area contributed by atoms with Crippen LogP contribution in [-0.4, -0.2) is 11.1 Å². The van der Waals surface area contributed by atoms with Gasteiger partial charge in [-0.15, -0.1) is 0 Å². The molecule has 0 fully saturated rings. The van der Waals surface area contributed by atoms with E-state index < -0.39 is 0 Å². The van der Waals surface area contributed by atoms with Crippen LogP contribution in [0.1, 0.15) is 6.92 Å². The number of halogens is 1. The fourth-order valence-corrected chi connectivity index (χ4v) is 1.51. The first-order chi connectivity index (χ1) is 6.16. The molecule has 0 aromatic heterocycles. The number of thiocarbonyl (C=S) groups is 1. The van der Waals surface area contributed by atoms with Crippen LogP contribution in [0.3, 0.4) is 0 Å². The molecule has 2 rings (SSSR count). The molecule has 1 heterocycles. The van der Waals surface area contributed by atoms with Gasteiger partial charge in [0.2, 0.25) is 0 Å². The highest BCUT2D eigenvalue weighted by Gasteiger charge is 2.19. The summed E-state index contributed by atoms with van der Waals surface area (Å²) in [6.07, 6.45) is -0.0660. The lowest BCUT2D eigenvalue weighted by molar-refractivity contribution is 0.286. The van der Waals surface area contributed by atoms with Gasteiger partial charge in [0.05, 0.1) is 5.69 Å². The van der Waals surface area contributed by atoms with E-state index in [1.54, 1.807) is 12.1 Å². The maximum absolute atomic E-state index is 5.82. The van der Waals surface area contributed by atoms with Gasteiger partial charge in [-0.25, -0.2) is 0 Å². The van der Waals surface area contributed by atoms with Crippen molar-refractivity contribution in [1.29, 1.82) is 0 Å². The lowest BCUT2D eigenvalue weighted by atomic mass is 10.2. The minimum atomic E-state index is -0.0660. The zero-order valence-corrected chi connectivity index (χ0v) is 8.58. The summed E-state index contributed by atoms with van der Waals surface area (Å²) in [5.74, 6) is 0.797. The van der Waals surface area contributed by atoms with Gasteiger partial charge in [-0.3, -0.25) is 0 Å². The van der Waals surface area contributed by atoms with Gasteiger partial charge in [0.25, 0.3) is 0 Å². The van der Waals surface area contributed by atoms with E-state index >= 15 is 0 Å². The topological polar surface area (TPSA) is 21.3 Å². The number of nitrogens with one attached hydrogen (secondary N) is 1. The van der Waals surface area contributed by atoms with Crippen molar-refractivity contribution in [2.75, 3.05) is 5.32 Å². The van der Waals surface area contributed by atoms with Crippen molar-refractivity contribution in [3.8, 4) is 5.75 Å². The van der Waals surface area contributed by atoms with Gasteiger partial charge in [0.15, 0.2) is 0 Å². The zero-order chi connectivity index (χ0) is 9.42. The number of rotatable bonds is 0. The number of fused-ring (bicyclic) bond motifs is 1. The van der Waals surface area contributed by atoms with Crippen LogP contribution >= 0.6 is 23.8 Å². The first-order valence-electron chi connectivity index (χ1n) is 3.94. The molecule has 1 aromatic carbocycles. The van der Waals surface area contributed by atoms with E-state index in [1.165, 1.54) is 0 Å². The fourth-order valence-electron chi connectivity index (χ4n) is 1.18. The lowest BCUT2D eigenvalue weighted by Crippen LogP contribution is -2.32. The molecule has 0 saturated carbocycles. The van der Waals surface area contributed by atoms with Gasteiger partial charge < -0.3 is 10.1 Å². The molecule has 1 aliphatic heterocycles. The Morgan fingerprint density at radius 2 is 2.31 bits per heavy atom. The SMILES string of the molecule is CC1Oc2ccc(Cl)cc2NC1=S. The standard InChI is InChI=1S/C9H8ClNOS/c1-5-9(13)11-7-4-6(10)2-3-8(7)12-5/h2-5H,1H3,(H,11,13). The third-order valence-electron chi connectivity index (χ3n) is 1.87. The van der Waals surface area contributed by atoms with Crippen molar-refractivity contribution in [1.82, 2.24) is 0 Å². The molecule has 2 nitrogen and oxygen atoms in total. The molecule has 68 valence electrons. The number of hydrogen-bond acceptors (Lipinski definition) is 2. The van der Waals surface area contributed by atoms with E-state index in [1.807, 2.05) is 13.0 Å². The van der Waals surface area contributed by atoms with E-state index in [0.717, 1.165) is 11.4 Å². The predicted octanol–water partition coefficient (Wildman–Crippen LogP) is 2.86. The Bertz CT molecular complexity index is 367. The van der Waals surface area contributed by atoms with E-state index in [4.69, 9.17) is 28.6 Å². The van der Waals surface area contributed by atoms with Crippen LogP contribution in [0.4, 0.5) is 5.69 Å². The molecule has 0 aliphatic carbocycles. The van der Waals surface area contributed by atoms with E-state index in [9.17, 15) is 0 Å². The molecular weight excluding hydrogens is 206 g/mol. The van der Waals surface area contributed by atoms with Crippen molar-refractivity contribution in [2.45, 2.75) is 13.0 Å². The summed E-state index contributed by atoms with van der Waals surface area (Å²) in [5.41, 5.74) is 0.843. The molecule has 1 aliphatic rings. The van der Waals surface area contributed by atoms with Crippen molar-refractivity contribution in [3.63, 3.8) is 0 Å². The zero-order valence-electron chi connectivity index (χ0n) is 7.00. The smallest absolute Gasteiger partial charge is 0.146 e. The minimum absolute atomic E-state index is 0.0660. The Morgan fingerprint density at radius 1 is 1.54 bits per heavy atom. The number of benzene rings is 1. The van der Waals surface area contributed by atoms with Crippen LogP contribution in [0.15, 0.2) is 18.2 Å². The normalized spacial score (nSPS) is 20.2. The molecule has 0 radical (unpaired) electrons. The highest BCUT2D eigenvalue weighted by molar-refractivity contribution is 7.80. The summed E-state index contributed by atoms with van der Waals surface area (Å²) in [5, 5.41) is 3.75. The molecule has 13 heavy (non-hydrogen) atoms. The molecule has 1 N–H and O–H groups in total. The number of ether oxygens (including phenoxy) is 1. The maximum Gasteiger partial charge on any atom is 0.146 e. The largest absolute Gasteiger partial charge is 0.481 e. The van der Waals surface area contributed by atoms with Crippen LogP contribution < -0.4 is 10.1 Å². The summed E-state index contributed by atoms with van der Waals surface area (Å²) >= 11 is 10.9. The second kappa shape index (κ2) is 3.16. The molecule has 1 aromatic rings. The van der Waals surface area contributed by atoms with Gasteiger partial charge >= 0.3 is 0 Å². The monoisotopic (exact) mass is 213 g/mol. The number of anilines is 1. The van der Waals surface area contributed by atoms with Crippen molar-refractivity contribution in [2.24, 2.45) is 0 Å². The minimum Gasteiger partial charge on any atom is -0.481 e. The molecule has 0 bridgehead atoms. The summed E-state index contributed by atoms with van der Waals surface area (Å²) in [6, 6.07) is 5.43. The van der Waals surface area contributed by atoms with E-state index in [-0.39, 0.29) is 6.10 Å². The van der Waals surface area contributed by atoms with Crippen LogP contribution in [-0.2, 0) is 0 Å². The fraction of sp³-hybridized carbons (Fsp3) is 0.222. The van der Waals surface area contributed by atoms with Crippen molar-refractivity contribution < 1.29 is 4.74 Å². The Kier molecular flexibility index (Phi) is 2.14. The van der Waals surface area contributed by atoms with E-state index in [2.05, 4.69) is 5.32 Å². The highest BCUT2D eigenvalue weighted by Crippen LogP contribution is 2.32. The Balaban J connectivity index is 2.42. The first-order valence-corrected chi connectivity index (χ1v) is 4.72. The van der Waals surface area contributed by atoms with Gasteiger partial charge in [-0.2, -0.15) is 0 Å². The van der Waals surface area contributed by atoms with Crippen LogP contribution in [0, 0.1) is 0 Å². The lowest BCUT2D eigenvalue weighted by Gasteiger charge is -2.25. The maximum atomic E-state index is 5.82. The highest BCUT2D eigenvalue weighted by atomic mass is 35.5. The first kappa shape index (κ1) is 8.78. The van der Waals surface area contributed by atoms with Gasteiger partial charge in [-0.1, -0.05) is 23.8 Å². The van der Waals surface area contributed by atoms with Gasteiger partial charge in [-0.05, 0) is 25.1 Å². The molecule has 4 heteroatoms. The second-order valence-corrected chi connectivity index (χ2v) is 3.77. The Morgan fingerprint density at radius 3 is 3.08 bits per heavy atom. The molecule has 0 amide bonds. The Labute approximate surface area is 86.8 Å².